The second kappa shape index (κ2) is 5.55. The van der Waals surface area contributed by atoms with Crippen molar-refractivity contribution in [3.05, 3.63) is 41.0 Å². The molecule has 2 heterocycles. The predicted molar refractivity (Wildman–Crippen MR) is 77.7 cm³/mol. The van der Waals surface area contributed by atoms with E-state index in [0.717, 1.165) is 37.2 Å². The predicted octanol–water partition coefficient (Wildman–Crippen LogP) is 1.86. The Kier molecular flexibility index (Phi) is 3.60. The molecule has 110 valence electrons. The molecule has 1 aromatic heterocycles. The highest BCUT2D eigenvalue weighted by Crippen LogP contribution is 2.16. The van der Waals surface area contributed by atoms with Crippen LogP contribution in [0.15, 0.2) is 18.2 Å². The number of carbonyl (C=O) groups excluding carboxylic acids is 1. The number of rotatable bonds is 3. The highest BCUT2D eigenvalue weighted by molar-refractivity contribution is 5.90. The molecule has 6 nitrogen and oxygen atoms in total. The van der Waals surface area contributed by atoms with E-state index >= 15 is 0 Å². The van der Waals surface area contributed by atoms with Crippen LogP contribution in [0.2, 0.25) is 0 Å². The number of aryl methyl sites for hydroxylation is 2. The smallest absolute Gasteiger partial charge is 0.338 e. The summed E-state index contributed by atoms with van der Waals surface area (Å²) in [4.78, 5) is 12.0. The molecule has 0 spiro atoms. The molecule has 0 amide bonds. The number of nitrogens with two attached hydrogens (primary N) is 1. The van der Waals surface area contributed by atoms with E-state index in [1.54, 1.807) is 12.1 Å². The molecule has 0 aliphatic carbocycles. The Morgan fingerprint density at radius 3 is 3.05 bits per heavy atom. The Hall–Kier alpha value is -2.37. The summed E-state index contributed by atoms with van der Waals surface area (Å²) in [6.45, 7) is 2.93. The molecular formula is C15H18N4O2. The third-order valence-corrected chi connectivity index (χ3v) is 3.78. The third kappa shape index (κ3) is 2.74. The molecule has 0 atom stereocenters. The lowest BCUT2D eigenvalue weighted by molar-refractivity contribution is 0.0457. The number of fused-ring (bicyclic) bond motifs is 1. The highest BCUT2D eigenvalue weighted by Gasteiger charge is 2.17. The van der Waals surface area contributed by atoms with E-state index in [0.29, 0.717) is 17.1 Å². The molecule has 0 saturated carbocycles. The minimum absolute atomic E-state index is 0.139. The van der Waals surface area contributed by atoms with Gasteiger partial charge in [-0.25, -0.2) is 4.79 Å². The highest BCUT2D eigenvalue weighted by atomic mass is 16.5. The van der Waals surface area contributed by atoms with E-state index in [1.807, 2.05) is 17.6 Å². The van der Waals surface area contributed by atoms with Crippen molar-refractivity contribution in [1.29, 1.82) is 0 Å². The van der Waals surface area contributed by atoms with Gasteiger partial charge in [0.1, 0.15) is 5.82 Å². The number of hydrogen-bond acceptors (Lipinski definition) is 5. The Morgan fingerprint density at radius 2 is 2.24 bits per heavy atom. The minimum Gasteiger partial charge on any atom is -0.454 e. The van der Waals surface area contributed by atoms with Gasteiger partial charge in [0.15, 0.2) is 12.4 Å². The molecule has 1 aromatic carbocycles. The zero-order chi connectivity index (χ0) is 14.8. The maximum Gasteiger partial charge on any atom is 0.338 e. The number of nitrogens with zero attached hydrogens (tertiary/aromatic N) is 3. The maximum atomic E-state index is 12.0. The van der Waals surface area contributed by atoms with Crippen molar-refractivity contribution in [1.82, 2.24) is 14.8 Å². The van der Waals surface area contributed by atoms with Crippen LogP contribution in [-0.4, -0.2) is 20.7 Å². The molecular weight excluding hydrogens is 268 g/mol. The maximum absolute atomic E-state index is 12.0. The van der Waals surface area contributed by atoms with Gasteiger partial charge in [-0.3, -0.25) is 0 Å². The van der Waals surface area contributed by atoms with Crippen molar-refractivity contribution < 1.29 is 9.53 Å². The normalized spacial score (nSPS) is 13.8. The first-order valence-corrected chi connectivity index (χ1v) is 7.09. The van der Waals surface area contributed by atoms with Crippen molar-refractivity contribution >= 4 is 11.7 Å². The van der Waals surface area contributed by atoms with E-state index in [2.05, 4.69) is 10.2 Å². The molecule has 21 heavy (non-hydrogen) atoms. The lowest BCUT2D eigenvalue weighted by Crippen LogP contribution is -2.15. The van der Waals surface area contributed by atoms with Crippen LogP contribution in [0.5, 0.6) is 0 Å². The quantitative estimate of drug-likeness (QED) is 0.688. The van der Waals surface area contributed by atoms with Crippen LogP contribution in [0.25, 0.3) is 0 Å². The van der Waals surface area contributed by atoms with Gasteiger partial charge < -0.3 is 15.0 Å². The summed E-state index contributed by atoms with van der Waals surface area (Å²) in [6.07, 6.45) is 3.19. The Labute approximate surface area is 122 Å². The average Bonchev–Trinajstić information content (AvgIpc) is 2.91. The van der Waals surface area contributed by atoms with Crippen LogP contribution >= 0.6 is 0 Å². The van der Waals surface area contributed by atoms with Crippen molar-refractivity contribution in [2.24, 2.45) is 0 Å². The van der Waals surface area contributed by atoms with Crippen LogP contribution in [0.1, 0.15) is 40.4 Å². The molecule has 0 fully saturated rings. The largest absolute Gasteiger partial charge is 0.454 e. The average molecular weight is 286 g/mol. The van der Waals surface area contributed by atoms with Crippen molar-refractivity contribution in [3.63, 3.8) is 0 Å². The van der Waals surface area contributed by atoms with Gasteiger partial charge in [0.2, 0.25) is 0 Å². The first-order chi connectivity index (χ1) is 10.1. The number of nitrogen functional groups attached to an aromatic ring is 1. The molecule has 1 aliphatic heterocycles. The molecule has 0 radical (unpaired) electrons. The van der Waals surface area contributed by atoms with Gasteiger partial charge in [0, 0.05) is 18.7 Å². The lowest BCUT2D eigenvalue weighted by atomic mass is 10.1. The van der Waals surface area contributed by atoms with Gasteiger partial charge in [0.05, 0.1) is 5.56 Å². The summed E-state index contributed by atoms with van der Waals surface area (Å²) < 4.78 is 7.36. The van der Waals surface area contributed by atoms with Crippen LogP contribution < -0.4 is 5.73 Å². The van der Waals surface area contributed by atoms with Gasteiger partial charge in [0.25, 0.3) is 0 Å². The number of anilines is 1. The zero-order valence-corrected chi connectivity index (χ0v) is 12.0. The third-order valence-electron chi connectivity index (χ3n) is 3.78. The molecule has 6 heteroatoms. The summed E-state index contributed by atoms with van der Waals surface area (Å²) in [5, 5.41) is 8.24. The molecule has 0 unspecified atom stereocenters. The Morgan fingerprint density at radius 1 is 1.38 bits per heavy atom. The van der Waals surface area contributed by atoms with E-state index < -0.39 is 5.97 Å². The van der Waals surface area contributed by atoms with E-state index in [4.69, 9.17) is 10.5 Å². The molecule has 2 N–H and O–H groups in total. The van der Waals surface area contributed by atoms with Gasteiger partial charge in [-0.2, -0.15) is 0 Å². The van der Waals surface area contributed by atoms with E-state index in [9.17, 15) is 4.79 Å². The van der Waals surface area contributed by atoms with Gasteiger partial charge in [-0.1, -0.05) is 6.07 Å². The fourth-order valence-electron chi connectivity index (χ4n) is 2.46. The standard InChI is InChI=1S/C15H18N4O2/c1-10-5-6-11(8-12(10)16)15(20)21-9-14-18-17-13-4-2-3-7-19(13)14/h5-6,8H,2-4,7,9,16H2,1H3. The Balaban J connectivity index is 1.68. The van der Waals surface area contributed by atoms with Crippen LogP contribution in [0, 0.1) is 6.92 Å². The number of hydrogen-bond donors (Lipinski definition) is 1. The lowest BCUT2D eigenvalue weighted by Gasteiger charge is -2.14. The SMILES string of the molecule is Cc1ccc(C(=O)OCc2nnc3n2CCCC3)cc1N. The summed E-state index contributed by atoms with van der Waals surface area (Å²) in [5.41, 5.74) is 7.79. The summed E-state index contributed by atoms with van der Waals surface area (Å²) >= 11 is 0. The molecule has 2 aromatic rings. The second-order valence-corrected chi connectivity index (χ2v) is 5.29. The molecule has 0 bridgehead atoms. The van der Waals surface area contributed by atoms with Crippen LogP contribution in [0.4, 0.5) is 5.69 Å². The molecule has 3 rings (SSSR count). The van der Waals surface area contributed by atoms with Gasteiger partial charge >= 0.3 is 5.97 Å². The Bertz CT molecular complexity index is 678. The summed E-state index contributed by atoms with van der Waals surface area (Å²) in [6, 6.07) is 5.16. The fourth-order valence-corrected chi connectivity index (χ4v) is 2.46. The van der Waals surface area contributed by atoms with Crippen LogP contribution in [-0.2, 0) is 24.3 Å². The first kappa shape index (κ1) is 13.6. The monoisotopic (exact) mass is 286 g/mol. The number of aromatic nitrogens is 3. The summed E-state index contributed by atoms with van der Waals surface area (Å²) in [7, 11) is 0. The van der Waals surface area contributed by atoms with Gasteiger partial charge in [-0.05, 0) is 37.5 Å². The fraction of sp³-hybridized carbons (Fsp3) is 0.400. The molecule has 1 aliphatic rings. The van der Waals surface area contributed by atoms with E-state index in [-0.39, 0.29) is 6.61 Å². The van der Waals surface area contributed by atoms with Crippen LogP contribution in [0.3, 0.4) is 0 Å². The number of carbonyl (C=O) groups is 1. The number of benzene rings is 1. The topological polar surface area (TPSA) is 83.0 Å². The number of ether oxygens (including phenoxy) is 1. The zero-order valence-electron chi connectivity index (χ0n) is 12.0. The van der Waals surface area contributed by atoms with Crippen molar-refractivity contribution in [3.8, 4) is 0 Å². The summed E-state index contributed by atoms with van der Waals surface area (Å²) in [5.74, 6) is 1.29. The van der Waals surface area contributed by atoms with Crippen molar-refractivity contribution in [2.45, 2.75) is 39.3 Å². The van der Waals surface area contributed by atoms with Crippen molar-refractivity contribution in [2.75, 3.05) is 5.73 Å². The first-order valence-electron chi connectivity index (χ1n) is 7.09. The second-order valence-electron chi connectivity index (χ2n) is 5.29. The van der Waals surface area contributed by atoms with Gasteiger partial charge in [-0.15, -0.1) is 10.2 Å². The minimum atomic E-state index is -0.394. The number of esters is 1. The molecule has 0 saturated heterocycles. The van der Waals surface area contributed by atoms with E-state index in [1.165, 1.54) is 0 Å².